The fraction of sp³-hybridized carbons (Fsp3) is 0.933. The Labute approximate surface area is 109 Å². The van der Waals surface area contributed by atoms with Crippen molar-refractivity contribution in [1.82, 2.24) is 4.90 Å². The van der Waals surface area contributed by atoms with Gasteiger partial charge in [-0.2, -0.15) is 0 Å². The van der Waals surface area contributed by atoms with Crippen molar-refractivity contribution < 1.29 is 4.79 Å². The van der Waals surface area contributed by atoms with E-state index in [2.05, 4.69) is 4.90 Å². The molecule has 4 bridgehead atoms. The van der Waals surface area contributed by atoms with Crippen LogP contribution in [0.5, 0.6) is 0 Å². The van der Waals surface area contributed by atoms with Crippen molar-refractivity contribution in [2.75, 3.05) is 6.54 Å². The molecule has 1 aliphatic heterocycles. The van der Waals surface area contributed by atoms with Crippen LogP contribution in [0.3, 0.4) is 0 Å². The van der Waals surface area contributed by atoms with E-state index >= 15 is 0 Å². The van der Waals surface area contributed by atoms with Gasteiger partial charge in [0.1, 0.15) is 0 Å². The molecule has 0 unspecified atom stereocenters. The zero-order chi connectivity index (χ0) is 12.3. The fourth-order valence-corrected chi connectivity index (χ4v) is 5.89. The molecular formula is C15H24N2O. The zero-order valence-electron chi connectivity index (χ0n) is 11.1. The Morgan fingerprint density at radius 1 is 1.00 bits per heavy atom. The fourth-order valence-electron chi connectivity index (χ4n) is 5.89. The summed E-state index contributed by atoms with van der Waals surface area (Å²) in [5.41, 5.74) is 5.60. The van der Waals surface area contributed by atoms with E-state index in [1.165, 1.54) is 32.1 Å². The van der Waals surface area contributed by atoms with Crippen molar-refractivity contribution in [2.45, 2.75) is 57.0 Å². The maximum Gasteiger partial charge on any atom is 0.234 e. The van der Waals surface area contributed by atoms with Crippen molar-refractivity contribution >= 4 is 5.91 Å². The van der Waals surface area contributed by atoms with E-state index in [-0.39, 0.29) is 11.9 Å². The highest BCUT2D eigenvalue weighted by Gasteiger charge is 2.52. The summed E-state index contributed by atoms with van der Waals surface area (Å²) in [6, 6.07) is 0.741. The molecule has 4 aliphatic carbocycles. The summed E-state index contributed by atoms with van der Waals surface area (Å²) in [7, 11) is 0. The summed E-state index contributed by atoms with van der Waals surface area (Å²) < 4.78 is 0. The van der Waals surface area contributed by atoms with E-state index in [4.69, 9.17) is 5.73 Å². The Hall–Kier alpha value is -0.570. The number of hydrogen-bond acceptors (Lipinski definition) is 2. The van der Waals surface area contributed by atoms with Crippen LogP contribution in [-0.2, 0) is 4.79 Å². The van der Waals surface area contributed by atoms with E-state index in [1.807, 2.05) is 0 Å². The summed E-state index contributed by atoms with van der Waals surface area (Å²) >= 11 is 0. The molecule has 2 N–H and O–H groups in total. The summed E-state index contributed by atoms with van der Waals surface area (Å²) in [5.74, 6) is 3.69. The molecule has 5 fully saturated rings. The van der Waals surface area contributed by atoms with Gasteiger partial charge in [0.05, 0.1) is 6.04 Å². The molecule has 1 amide bonds. The molecule has 3 nitrogen and oxygen atoms in total. The predicted molar refractivity (Wildman–Crippen MR) is 69.8 cm³/mol. The topological polar surface area (TPSA) is 46.3 Å². The standard InChI is InChI=1S/C15H24N2O/c16-15(18)13-2-1-3-17(13)14-11-5-9-4-10(7-11)8-12(14)6-9/h9-14H,1-8H2,(H2,16,18)/t9?,10?,11?,12?,13-,14?/m1/s1. The molecule has 5 rings (SSSR count). The van der Waals surface area contributed by atoms with Crippen LogP contribution in [0, 0.1) is 23.7 Å². The van der Waals surface area contributed by atoms with Gasteiger partial charge in [-0.15, -0.1) is 0 Å². The molecule has 1 atom stereocenters. The largest absolute Gasteiger partial charge is 0.368 e. The van der Waals surface area contributed by atoms with Crippen LogP contribution in [0.25, 0.3) is 0 Å². The van der Waals surface area contributed by atoms with Gasteiger partial charge in [0.15, 0.2) is 0 Å². The highest BCUT2D eigenvalue weighted by Crippen LogP contribution is 2.55. The molecule has 18 heavy (non-hydrogen) atoms. The third-order valence-electron chi connectivity index (χ3n) is 6.18. The first kappa shape index (κ1) is 11.3. The Morgan fingerprint density at radius 2 is 1.61 bits per heavy atom. The zero-order valence-corrected chi connectivity index (χ0v) is 11.1. The van der Waals surface area contributed by atoms with E-state index in [9.17, 15) is 4.79 Å². The third-order valence-corrected chi connectivity index (χ3v) is 6.18. The number of amides is 1. The van der Waals surface area contributed by atoms with Gasteiger partial charge < -0.3 is 5.73 Å². The van der Waals surface area contributed by atoms with Crippen molar-refractivity contribution in [1.29, 1.82) is 0 Å². The van der Waals surface area contributed by atoms with Crippen LogP contribution in [0.2, 0.25) is 0 Å². The van der Waals surface area contributed by atoms with Gasteiger partial charge in [0.25, 0.3) is 0 Å². The first-order valence-electron chi connectivity index (χ1n) is 7.77. The summed E-state index contributed by atoms with van der Waals surface area (Å²) in [6.07, 6.45) is 9.38. The van der Waals surface area contributed by atoms with Crippen molar-refractivity contribution in [3.63, 3.8) is 0 Å². The third kappa shape index (κ3) is 1.56. The minimum Gasteiger partial charge on any atom is -0.368 e. The van der Waals surface area contributed by atoms with Crippen LogP contribution in [-0.4, -0.2) is 29.4 Å². The number of carbonyl (C=O) groups excluding carboxylic acids is 1. The number of nitrogens with two attached hydrogens (primary N) is 1. The number of likely N-dealkylation sites (tertiary alicyclic amines) is 1. The number of carbonyl (C=O) groups is 1. The summed E-state index contributed by atoms with van der Waals surface area (Å²) in [6.45, 7) is 1.11. The molecular weight excluding hydrogens is 224 g/mol. The van der Waals surface area contributed by atoms with Gasteiger partial charge in [-0.25, -0.2) is 0 Å². The Bertz CT molecular complexity index is 340. The molecule has 4 saturated carbocycles. The molecule has 0 spiro atoms. The Morgan fingerprint density at radius 3 is 2.17 bits per heavy atom. The lowest BCUT2D eigenvalue weighted by atomic mass is 9.54. The molecule has 0 aromatic heterocycles. The Kier molecular flexibility index (Phi) is 2.48. The van der Waals surface area contributed by atoms with E-state index < -0.39 is 0 Å². The highest BCUT2D eigenvalue weighted by molar-refractivity contribution is 5.80. The van der Waals surface area contributed by atoms with Crippen LogP contribution >= 0.6 is 0 Å². The van der Waals surface area contributed by atoms with Gasteiger partial charge >= 0.3 is 0 Å². The molecule has 5 aliphatic rings. The molecule has 1 saturated heterocycles. The number of primary amides is 1. The highest BCUT2D eigenvalue weighted by atomic mass is 16.1. The second-order valence-corrected chi connectivity index (χ2v) is 7.22. The van der Waals surface area contributed by atoms with E-state index in [0.717, 1.165) is 43.1 Å². The average Bonchev–Trinajstić information content (AvgIpc) is 2.76. The number of hydrogen-bond donors (Lipinski definition) is 1. The van der Waals surface area contributed by atoms with Crippen molar-refractivity contribution in [3.05, 3.63) is 0 Å². The molecule has 0 aromatic rings. The first-order chi connectivity index (χ1) is 8.72. The van der Waals surface area contributed by atoms with Gasteiger partial charge in [-0.3, -0.25) is 9.69 Å². The van der Waals surface area contributed by atoms with Crippen LogP contribution < -0.4 is 5.73 Å². The normalized spacial score (nSPS) is 50.9. The van der Waals surface area contributed by atoms with Crippen LogP contribution in [0.15, 0.2) is 0 Å². The predicted octanol–water partition coefficient (Wildman–Crippen LogP) is 1.76. The van der Waals surface area contributed by atoms with Crippen molar-refractivity contribution in [2.24, 2.45) is 29.4 Å². The Balaban J connectivity index is 1.59. The number of nitrogens with zero attached hydrogens (tertiary/aromatic N) is 1. The van der Waals surface area contributed by atoms with Gasteiger partial charge in [0.2, 0.25) is 5.91 Å². The van der Waals surface area contributed by atoms with Crippen LogP contribution in [0.1, 0.15) is 44.9 Å². The van der Waals surface area contributed by atoms with Gasteiger partial charge in [-0.05, 0) is 75.2 Å². The lowest BCUT2D eigenvalue weighted by molar-refractivity contribution is -0.127. The van der Waals surface area contributed by atoms with E-state index in [0.29, 0.717) is 6.04 Å². The number of rotatable bonds is 2. The average molecular weight is 248 g/mol. The quantitative estimate of drug-likeness (QED) is 0.809. The lowest BCUT2D eigenvalue weighted by Gasteiger charge is -2.57. The second-order valence-electron chi connectivity index (χ2n) is 7.22. The molecule has 0 radical (unpaired) electrons. The maximum absolute atomic E-state index is 11.6. The van der Waals surface area contributed by atoms with Gasteiger partial charge in [0, 0.05) is 6.04 Å². The van der Waals surface area contributed by atoms with Crippen molar-refractivity contribution in [3.8, 4) is 0 Å². The van der Waals surface area contributed by atoms with Gasteiger partial charge in [-0.1, -0.05) is 0 Å². The minimum atomic E-state index is -0.0821. The summed E-state index contributed by atoms with van der Waals surface area (Å²) in [4.78, 5) is 14.1. The SMILES string of the molecule is NC(=O)[C@H]1CCCN1C1C2CC3CC(C2)CC1C3. The smallest absolute Gasteiger partial charge is 0.234 e. The second kappa shape index (κ2) is 3.96. The monoisotopic (exact) mass is 248 g/mol. The molecule has 3 heteroatoms. The first-order valence-corrected chi connectivity index (χ1v) is 7.77. The minimum absolute atomic E-state index is 0.0486. The van der Waals surface area contributed by atoms with E-state index in [1.54, 1.807) is 0 Å². The van der Waals surface area contributed by atoms with Crippen LogP contribution in [0.4, 0.5) is 0 Å². The lowest BCUT2D eigenvalue weighted by Crippen LogP contribution is -2.58. The summed E-state index contributed by atoms with van der Waals surface area (Å²) in [5, 5.41) is 0. The molecule has 1 heterocycles. The molecule has 0 aromatic carbocycles. The molecule has 100 valence electrons. The maximum atomic E-state index is 11.6.